The molecule has 1 saturated heterocycles. The molecule has 0 aromatic heterocycles. The standard InChI is InChI=1S/C5H11FN2O2S/c1-7-11(9,10)4-5(6)2-8-3-5/h7-8H,2-4H2,1H3. The monoisotopic (exact) mass is 182 g/mol. The molecule has 6 heteroatoms. The van der Waals surface area contributed by atoms with Gasteiger partial charge in [0, 0.05) is 13.1 Å². The molecule has 0 aromatic carbocycles. The molecule has 66 valence electrons. The lowest BCUT2D eigenvalue weighted by molar-refractivity contribution is 0.116. The van der Waals surface area contributed by atoms with Crippen molar-refractivity contribution in [2.45, 2.75) is 5.67 Å². The van der Waals surface area contributed by atoms with Crippen LogP contribution in [0.15, 0.2) is 0 Å². The number of sulfonamides is 1. The van der Waals surface area contributed by atoms with Crippen LogP contribution in [0, 0.1) is 0 Å². The molecule has 2 N–H and O–H groups in total. The smallest absolute Gasteiger partial charge is 0.214 e. The Morgan fingerprint density at radius 1 is 1.64 bits per heavy atom. The van der Waals surface area contributed by atoms with E-state index in [0.717, 1.165) is 0 Å². The topological polar surface area (TPSA) is 58.2 Å². The van der Waals surface area contributed by atoms with Crippen molar-refractivity contribution in [2.24, 2.45) is 0 Å². The summed E-state index contributed by atoms with van der Waals surface area (Å²) >= 11 is 0. The SMILES string of the molecule is CNS(=O)(=O)CC1(F)CNC1. The third kappa shape index (κ3) is 2.11. The van der Waals surface area contributed by atoms with Crippen LogP contribution in [0.25, 0.3) is 0 Å². The maximum absolute atomic E-state index is 13.1. The van der Waals surface area contributed by atoms with Crippen molar-refractivity contribution in [3.8, 4) is 0 Å². The Kier molecular flexibility index (Phi) is 2.17. The molecule has 0 saturated carbocycles. The summed E-state index contributed by atoms with van der Waals surface area (Å²) in [4.78, 5) is 0. The van der Waals surface area contributed by atoms with Gasteiger partial charge in [-0.25, -0.2) is 17.5 Å². The predicted molar refractivity (Wildman–Crippen MR) is 39.6 cm³/mol. The van der Waals surface area contributed by atoms with E-state index in [1.54, 1.807) is 0 Å². The zero-order valence-electron chi connectivity index (χ0n) is 6.22. The molecule has 0 radical (unpaired) electrons. The number of alkyl halides is 1. The highest BCUT2D eigenvalue weighted by molar-refractivity contribution is 7.89. The highest BCUT2D eigenvalue weighted by Crippen LogP contribution is 2.17. The second kappa shape index (κ2) is 2.69. The van der Waals surface area contributed by atoms with Crippen LogP contribution < -0.4 is 10.0 Å². The van der Waals surface area contributed by atoms with Crippen LogP contribution in [-0.4, -0.2) is 40.0 Å². The largest absolute Gasteiger partial charge is 0.310 e. The summed E-state index contributed by atoms with van der Waals surface area (Å²) in [6.07, 6.45) is 0. The third-order valence-electron chi connectivity index (χ3n) is 1.64. The second-order valence-electron chi connectivity index (χ2n) is 2.72. The summed E-state index contributed by atoms with van der Waals surface area (Å²) in [6.45, 7) is 0.266. The first-order chi connectivity index (χ1) is 4.97. The van der Waals surface area contributed by atoms with Crippen molar-refractivity contribution in [2.75, 3.05) is 25.9 Å². The van der Waals surface area contributed by atoms with Crippen LogP contribution in [0.4, 0.5) is 4.39 Å². The molecule has 0 aromatic rings. The average molecular weight is 182 g/mol. The van der Waals surface area contributed by atoms with Gasteiger partial charge in [-0.2, -0.15) is 0 Å². The molecule has 0 amide bonds. The predicted octanol–water partition coefficient (Wildman–Crippen LogP) is -1.15. The molecule has 0 spiro atoms. The summed E-state index contributed by atoms with van der Waals surface area (Å²) in [5, 5.41) is 2.68. The number of hydrogen-bond acceptors (Lipinski definition) is 3. The first-order valence-electron chi connectivity index (χ1n) is 3.28. The van der Waals surface area contributed by atoms with Crippen LogP contribution in [-0.2, 0) is 10.0 Å². The van der Waals surface area contributed by atoms with Crippen molar-refractivity contribution >= 4 is 10.0 Å². The van der Waals surface area contributed by atoms with E-state index < -0.39 is 21.4 Å². The molecule has 1 aliphatic heterocycles. The highest BCUT2D eigenvalue weighted by Gasteiger charge is 2.40. The Morgan fingerprint density at radius 3 is 2.45 bits per heavy atom. The number of halogens is 1. The molecular weight excluding hydrogens is 171 g/mol. The molecule has 0 bridgehead atoms. The van der Waals surface area contributed by atoms with Gasteiger partial charge < -0.3 is 5.32 Å². The van der Waals surface area contributed by atoms with Gasteiger partial charge >= 0.3 is 0 Å². The molecule has 1 aliphatic rings. The summed E-state index contributed by atoms with van der Waals surface area (Å²) in [6, 6.07) is 0. The van der Waals surface area contributed by atoms with E-state index >= 15 is 0 Å². The molecule has 0 unspecified atom stereocenters. The molecule has 1 rings (SSSR count). The van der Waals surface area contributed by atoms with Crippen molar-refractivity contribution in [3.63, 3.8) is 0 Å². The van der Waals surface area contributed by atoms with Gasteiger partial charge in [0.05, 0.1) is 0 Å². The summed E-state index contributed by atoms with van der Waals surface area (Å²) in [5.74, 6) is -0.441. The number of rotatable bonds is 3. The highest BCUT2D eigenvalue weighted by atomic mass is 32.2. The lowest BCUT2D eigenvalue weighted by atomic mass is 10.0. The van der Waals surface area contributed by atoms with E-state index in [4.69, 9.17) is 0 Å². The first-order valence-corrected chi connectivity index (χ1v) is 4.94. The van der Waals surface area contributed by atoms with Gasteiger partial charge in [-0.05, 0) is 7.05 Å². The minimum Gasteiger partial charge on any atom is -0.310 e. The summed E-state index contributed by atoms with van der Waals surface area (Å²) in [5.41, 5.74) is -1.55. The zero-order valence-corrected chi connectivity index (χ0v) is 7.04. The fraction of sp³-hybridized carbons (Fsp3) is 1.00. The van der Waals surface area contributed by atoms with Crippen molar-refractivity contribution < 1.29 is 12.8 Å². The van der Waals surface area contributed by atoms with Gasteiger partial charge in [0.25, 0.3) is 0 Å². The van der Waals surface area contributed by atoms with E-state index in [2.05, 4.69) is 10.0 Å². The zero-order chi connectivity index (χ0) is 8.54. The Morgan fingerprint density at radius 2 is 2.18 bits per heavy atom. The maximum atomic E-state index is 13.1. The van der Waals surface area contributed by atoms with E-state index in [1.807, 2.05) is 0 Å². The van der Waals surface area contributed by atoms with Gasteiger partial charge in [0.1, 0.15) is 5.75 Å². The molecule has 1 fully saturated rings. The Balaban J connectivity index is 2.54. The fourth-order valence-corrected chi connectivity index (χ4v) is 1.94. The molecule has 0 aliphatic carbocycles. The first kappa shape index (κ1) is 8.89. The molecule has 4 nitrogen and oxygen atoms in total. The van der Waals surface area contributed by atoms with Crippen molar-refractivity contribution in [1.82, 2.24) is 10.0 Å². The Labute approximate surface area is 65.2 Å². The summed E-state index contributed by atoms with van der Waals surface area (Å²) < 4.78 is 36.8. The van der Waals surface area contributed by atoms with Crippen molar-refractivity contribution in [3.05, 3.63) is 0 Å². The molecule has 0 atom stereocenters. The van der Waals surface area contributed by atoms with Crippen LogP contribution in [0.1, 0.15) is 0 Å². The third-order valence-corrected chi connectivity index (χ3v) is 3.16. The fourth-order valence-electron chi connectivity index (χ4n) is 0.911. The van der Waals surface area contributed by atoms with Crippen LogP contribution in [0.2, 0.25) is 0 Å². The van der Waals surface area contributed by atoms with E-state index in [9.17, 15) is 12.8 Å². The number of nitrogens with one attached hydrogen (secondary N) is 2. The second-order valence-corrected chi connectivity index (χ2v) is 4.64. The normalized spacial score (nSPS) is 22.7. The quantitative estimate of drug-likeness (QED) is 0.579. The van der Waals surface area contributed by atoms with E-state index in [1.165, 1.54) is 7.05 Å². The van der Waals surface area contributed by atoms with Crippen LogP contribution in [0.3, 0.4) is 0 Å². The van der Waals surface area contributed by atoms with Gasteiger partial charge in [-0.15, -0.1) is 0 Å². The maximum Gasteiger partial charge on any atom is 0.214 e. The van der Waals surface area contributed by atoms with Crippen molar-refractivity contribution in [1.29, 1.82) is 0 Å². The van der Waals surface area contributed by atoms with Crippen LogP contribution >= 0.6 is 0 Å². The minimum absolute atomic E-state index is 0.133. The molecule has 11 heavy (non-hydrogen) atoms. The summed E-state index contributed by atoms with van der Waals surface area (Å²) in [7, 11) is -2.12. The van der Waals surface area contributed by atoms with Crippen LogP contribution in [0.5, 0.6) is 0 Å². The minimum atomic E-state index is -3.40. The molecular formula is C5H11FN2O2S. The lowest BCUT2D eigenvalue weighted by Crippen LogP contribution is -2.60. The lowest BCUT2D eigenvalue weighted by Gasteiger charge is -2.34. The Bertz CT molecular complexity index is 235. The van der Waals surface area contributed by atoms with Gasteiger partial charge in [-0.3, -0.25) is 0 Å². The molecule has 1 heterocycles. The van der Waals surface area contributed by atoms with E-state index in [-0.39, 0.29) is 13.1 Å². The Hall–Kier alpha value is -0.200. The number of hydrogen-bond donors (Lipinski definition) is 2. The average Bonchev–Trinajstić information content (AvgIpc) is 1.84. The van der Waals surface area contributed by atoms with Gasteiger partial charge in [0.2, 0.25) is 10.0 Å². The van der Waals surface area contributed by atoms with E-state index in [0.29, 0.717) is 0 Å². The van der Waals surface area contributed by atoms with Gasteiger partial charge in [0.15, 0.2) is 5.67 Å². The van der Waals surface area contributed by atoms with Gasteiger partial charge in [-0.1, -0.05) is 0 Å².